The van der Waals surface area contributed by atoms with Crippen LogP contribution in [0.4, 0.5) is 0 Å². The molecule has 0 saturated heterocycles. The largest absolute Gasteiger partial charge is 0.479 e. The Morgan fingerprint density at radius 3 is 2.59 bits per heavy atom. The summed E-state index contributed by atoms with van der Waals surface area (Å²) in [6, 6.07) is 0. The number of H-pyrrole nitrogens is 1. The number of aromatic amines is 1. The molecule has 0 fully saturated rings. The predicted molar refractivity (Wildman–Crippen MR) is 56.1 cm³/mol. The van der Waals surface area contributed by atoms with Gasteiger partial charge in [-0.25, -0.2) is 15.3 Å². The van der Waals surface area contributed by atoms with Gasteiger partial charge >= 0.3 is 11.9 Å². The minimum atomic E-state index is -1.18. The van der Waals surface area contributed by atoms with Crippen molar-refractivity contribution in [3.63, 3.8) is 0 Å². The third-order valence-electron chi connectivity index (χ3n) is 1.76. The second kappa shape index (κ2) is 4.91. The molecule has 8 heteroatoms. The Morgan fingerprint density at radius 1 is 1.47 bits per heavy atom. The smallest absolute Gasteiger partial charge is 0.332 e. The average molecular weight is 242 g/mol. The minimum absolute atomic E-state index is 0.0969. The van der Waals surface area contributed by atoms with Crippen molar-refractivity contribution in [1.82, 2.24) is 20.7 Å². The van der Waals surface area contributed by atoms with Crippen molar-refractivity contribution in [3.05, 3.63) is 11.6 Å². The highest BCUT2D eigenvalue weighted by Gasteiger charge is 2.21. The number of amides is 1. The normalized spacial score (nSPS) is 11.2. The molecule has 1 amide bonds. The van der Waals surface area contributed by atoms with Crippen LogP contribution < -0.4 is 5.48 Å². The molecule has 0 atom stereocenters. The summed E-state index contributed by atoms with van der Waals surface area (Å²) < 4.78 is 0. The van der Waals surface area contributed by atoms with E-state index in [4.69, 9.17) is 5.11 Å². The van der Waals surface area contributed by atoms with Gasteiger partial charge in [-0.1, -0.05) is 20.8 Å². The van der Waals surface area contributed by atoms with Gasteiger partial charge in [-0.2, -0.15) is 0 Å². The Kier molecular flexibility index (Phi) is 3.79. The molecule has 0 bridgehead atoms. The standard InChI is InChI=1S/C9H14N4O4/c1-9(2,3)8-10-6(11-12-8)7(16)13-17-4-5(14)15/h4H2,1-3H3,(H,13,16)(H,14,15)(H,10,11,12). The van der Waals surface area contributed by atoms with E-state index in [2.05, 4.69) is 20.0 Å². The molecule has 0 aliphatic carbocycles. The number of nitrogens with one attached hydrogen (secondary N) is 2. The van der Waals surface area contributed by atoms with E-state index in [9.17, 15) is 9.59 Å². The SMILES string of the molecule is CC(C)(C)c1nc(C(=O)NOCC(=O)O)n[nH]1. The number of nitrogens with zero attached hydrogens (tertiary/aromatic N) is 2. The highest BCUT2D eigenvalue weighted by Crippen LogP contribution is 2.17. The van der Waals surface area contributed by atoms with Gasteiger partial charge in [-0.15, -0.1) is 5.10 Å². The van der Waals surface area contributed by atoms with Crippen LogP contribution in [-0.2, 0) is 15.0 Å². The lowest BCUT2D eigenvalue weighted by molar-refractivity contribution is -0.144. The van der Waals surface area contributed by atoms with Crippen molar-refractivity contribution in [1.29, 1.82) is 0 Å². The Morgan fingerprint density at radius 2 is 2.12 bits per heavy atom. The fourth-order valence-electron chi connectivity index (χ4n) is 0.908. The molecule has 0 aromatic carbocycles. The number of carboxylic acids is 1. The minimum Gasteiger partial charge on any atom is -0.479 e. The fourth-order valence-corrected chi connectivity index (χ4v) is 0.908. The third-order valence-corrected chi connectivity index (χ3v) is 1.76. The summed E-state index contributed by atoms with van der Waals surface area (Å²) >= 11 is 0. The molecular weight excluding hydrogens is 228 g/mol. The second-order valence-electron chi connectivity index (χ2n) is 4.37. The van der Waals surface area contributed by atoms with E-state index in [0.29, 0.717) is 5.82 Å². The molecular formula is C9H14N4O4. The Hall–Kier alpha value is -1.96. The number of aromatic nitrogens is 3. The van der Waals surface area contributed by atoms with Crippen molar-refractivity contribution in [2.24, 2.45) is 0 Å². The summed E-state index contributed by atoms with van der Waals surface area (Å²) in [5.41, 5.74) is 1.67. The topological polar surface area (TPSA) is 117 Å². The number of hydrogen-bond acceptors (Lipinski definition) is 5. The molecule has 0 aliphatic rings. The maximum absolute atomic E-state index is 11.4. The van der Waals surface area contributed by atoms with Crippen LogP contribution in [0.2, 0.25) is 0 Å². The van der Waals surface area contributed by atoms with Gasteiger partial charge < -0.3 is 5.11 Å². The van der Waals surface area contributed by atoms with Crippen LogP contribution >= 0.6 is 0 Å². The van der Waals surface area contributed by atoms with Gasteiger partial charge in [0.1, 0.15) is 5.82 Å². The van der Waals surface area contributed by atoms with Crippen LogP contribution in [-0.4, -0.2) is 38.8 Å². The molecule has 1 rings (SSSR count). The number of carboxylic acid groups (broad SMARTS) is 1. The highest BCUT2D eigenvalue weighted by molar-refractivity contribution is 5.89. The monoisotopic (exact) mass is 242 g/mol. The molecule has 1 aromatic rings. The summed E-state index contributed by atoms with van der Waals surface area (Å²) in [6.45, 7) is 5.12. The summed E-state index contributed by atoms with van der Waals surface area (Å²) in [4.78, 5) is 29.9. The molecule has 0 radical (unpaired) electrons. The van der Waals surface area contributed by atoms with Crippen molar-refractivity contribution < 1.29 is 19.5 Å². The van der Waals surface area contributed by atoms with E-state index >= 15 is 0 Å². The molecule has 1 aromatic heterocycles. The molecule has 0 aliphatic heterocycles. The first-order valence-corrected chi connectivity index (χ1v) is 4.87. The van der Waals surface area contributed by atoms with Crippen molar-refractivity contribution in [2.75, 3.05) is 6.61 Å². The second-order valence-corrected chi connectivity index (χ2v) is 4.37. The van der Waals surface area contributed by atoms with Gasteiger partial charge in [0.25, 0.3) is 0 Å². The van der Waals surface area contributed by atoms with Gasteiger partial charge in [-0.3, -0.25) is 14.7 Å². The summed E-state index contributed by atoms with van der Waals surface area (Å²) in [5.74, 6) is -1.42. The van der Waals surface area contributed by atoms with Crippen LogP contribution in [0.3, 0.4) is 0 Å². The van der Waals surface area contributed by atoms with E-state index in [1.54, 1.807) is 0 Å². The van der Waals surface area contributed by atoms with E-state index in [-0.39, 0.29) is 11.2 Å². The van der Waals surface area contributed by atoms with E-state index in [1.807, 2.05) is 26.3 Å². The van der Waals surface area contributed by atoms with Crippen LogP contribution in [0, 0.1) is 0 Å². The summed E-state index contributed by atoms with van der Waals surface area (Å²) in [7, 11) is 0. The van der Waals surface area contributed by atoms with Gasteiger partial charge in [0.05, 0.1) is 0 Å². The molecule has 1 heterocycles. The Bertz CT molecular complexity index is 421. The molecule has 0 unspecified atom stereocenters. The number of carbonyl (C=O) groups is 2. The first kappa shape index (κ1) is 13.1. The number of hydroxylamine groups is 1. The van der Waals surface area contributed by atoms with Gasteiger partial charge in [0, 0.05) is 5.41 Å². The van der Waals surface area contributed by atoms with Crippen LogP contribution in [0.5, 0.6) is 0 Å². The highest BCUT2D eigenvalue weighted by atomic mass is 16.7. The maximum Gasteiger partial charge on any atom is 0.332 e. The zero-order valence-corrected chi connectivity index (χ0v) is 9.77. The number of rotatable bonds is 4. The summed E-state index contributed by atoms with van der Waals surface area (Å²) in [6.07, 6.45) is 0. The van der Waals surface area contributed by atoms with E-state index in [1.165, 1.54) is 0 Å². The molecule has 17 heavy (non-hydrogen) atoms. The fraction of sp³-hybridized carbons (Fsp3) is 0.556. The lowest BCUT2D eigenvalue weighted by atomic mass is 9.96. The number of carbonyl (C=O) groups excluding carboxylic acids is 1. The lowest BCUT2D eigenvalue weighted by Crippen LogP contribution is -2.27. The van der Waals surface area contributed by atoms with Crippen molar-refractivity contribution in [2.45, 2.75) is 26.2 Å². The number of aliphatic carboxylic acids is 1. The zero-order valence-electron chi connectivity index (χ0n) is 9.77. The van der Waals surface area contributed by atoms with Gasteiger partial charge in [-0.05, 0) is 0 Å². The molecule has 8 nitrogen and oxygen atoms in total. The van der Waals surface area contributed by atoms with Crippen molar-refractivity contribution in [3.8, 4) is 0 Å². The number of hydrogen-bond donors (Lipinski definition) is 3. The van der Waals surface area contributed by atoms with Crippen LogP contribution in [0.25, 0.3) is 0 Å². The van der Waals surface area contributed by atoms with E-state index in [0.717, 1.165) is 0 Å². The molecule has 0 spiro atoms. The zero-order chi connectivity index (χ0) is 13.1. The van der Waals surface area contributed by atoms with E-state index < -0.39 is 18.5 Å². The quantitative estimate of drug-likeness (QED) is 0.632. The Labute approximate surface area is 97.3 Å². The maximum atomic E-state index is 11.4. The van der Waals surface area contributed by atoms with Gasteiger partial charge in [0.2, 0.25) is 5.82 Å². The van der Waals surface area contributed by atoms with Crippen molar-refractivity contribution >= 4 is 11.9 Å². The Balaban J connectivity index is 2.58. The summed E-state index contributed by atoms with van der Waals surface area (Å²) in [5, 5.41) is 14.6. The lowest BCUT2D eigenvalue weighted by Gasteiger charge is -2.12. The molecule has 94 valence electrons. The average Bonchev–Trinajstić information content (AvgIpc) is 2.64. The van der Waals surface area contributed by atoms with Crippen LogP contribution in [0.1, 0.15) is 37.2 Å². The van der Waals surface area contributed by atoms with Crippen LogP contribution in [0.15, 0.2) is 0 Å². The molecule has 0 saturated carbocycles. The van der Waals surface area contributed by atoms with Gasteiger partial charge in [0.15, 0.2) is 6.61 Å². The third kappa shape index (κ3) is 3.83. The first-order chi connectivity index (χ1) is 7.80. The first-order valence-electron chi connectivity index (χ1n) is 4.87. The predicted octanol–water partition coefficient (Wildman–Crippen LogP) is -0.152. The molecule has 3 N–H and O–H groups in total.